The van der Waals surface area contributed by atoms with E-state index in [0.29, 0.717) is 11.5 Å². The Labute approximate surface area is 120 Å². The number of nitrogens with one attached hydrogen (secondary N) is 1. The van der Waals surface area contributed by atoms with E-state index < -0.39 is 36.9 Å². The fourth-order valence-corrected chi connectivity index (χ4v) is 1.43. The second kappa shape index (κ2) is 7.73. The van der Waals surface area contributed by atoms with Crippen molar-refractivity contribution in [1.29, 1.82) is 0 Å². The number of carboxylic acids is 2. The summed E-state index contributed by atoms with van der Waals surface area (Å²) in [5.41, 5.74) is 0. The molecule has 0 saturated carbocycles. The molecule has 0 fully saturated rings. The summed E-state index contributed by atoms with van der Waals surface area (Å²) in [4.78, 5) is 32.8. The summed E-state index contributed by atoms with van der Waals surface area (Å²) in [7, 11) is 1.51. The van der Waals surface area contributed by atoms with E-state index in [1.54, 1.807) is 24.3 Å². The molecule has 1 atom stereocenters. The SMILES string of the molecule is COc1ccc(OCC(=O)N[C@@H](CC(=O)O)C(=O)O)cc1. The number of benzene rings is 1. The first kappa shape index (κ1) is 16.3. The van der Waals surface area contributed by atoms with Gasteiger partial charge in [0.15, 0.2) is 6.61 Å². The molecule has 1 amide bonds. The number of rotatable bonds is 8. The van der Waals surface area contributed by atoms with Crippen LogP contribution in [0.4, 0.5) is 0 Å². The van der Waals surface area contributed by atoms with Crippen molar-refractivity contribution in [3.05, 3.63) is 24.3 Å². The molecular formula is C13H15NO7. The van der Waals surface area contributed by atoms with Crippen molar-refractivity contribution in [2.75, 3.05) is 13.7 Å². The van der Waals surface area contributed by atoms with Crippen LogP contribution >= 0.6 is 0 Å². The Morgan fingerprint density at radius 2 is 1.71 bits per heavy atom. The summed E-state index contributed by atoms with van der Waals surface area (Å²) < 4.78 is 10.1. The van der Waals surface area contributed by atoms with E-state index in [-0.39, 0.29) is 0 Å². The van der Waals surface area contributed by atoms with E-state index in [2.05, 4.69) is 5.32 Å². The molecule has 0 radical (unpaired) electrons. The summed E-state index contributed by atoms with van der Waals surface area (Å²) in [6.45, 7) is -0.421. The third-order valence-corrected chi connectivity index (χ3v) is 2.44. The Balaban J connectivity index is 2.48. The van der Waals surface area contributed by atoms with Gasteiger partial charge in [0.05, 0.1) is 13.5 Å². The standard InChI is InChI=1S/C13H15NO7/c1-20-8-2-4-9(5-3-8)21-7-11(15)14-10(13(18)19)6-12(16)17/h2-5,10H,6-7H2,1H3,(H,14,15)(H,16,17)(H,18,19)/t10-/m0/s1. The maximum Gasteiger partial charge on any atom is 0.326 e. The van der Waals surface area contributed by atoms with Crippen LogP contribution in [0.2, 0.25) is 0 Å². The average molecular weight is 297 g/mol. The average Bonchev–Trinajstić information content (AvgIpc) is 2.44. The zero-order valence-corrected chi connectivity index (χ0v) is 11.2. The number of carboxylic acid groups (broad SMARTS) is 2. The number of aliphatic carboxylic acids is 2. The molecular weight excluding hydrogens is 282 g/mol. The lowest BCUT2D eigenvalue weighted by Gasteiger charge is -2.13. The van der Waals surface area contributed by atoms with Gasteiger partial charge in [-0.1, -0.05) is 0 Å². The lowest BCUT2D eigenvalue weighted by atomic mass is 10.2. The van der Waals surface area contributed by atoms with E-state index in [0.717, 1.165) is 0 Å². The Hall–Kier alpha value is -2.77. The molecule has 3 N–H and O–H groups in total. The van der Waals surface area contributed by atoms with Gasteiger partial charge in [-0.15, -0.1) is 0 Å². The van der Waals surface area contributed by atoms with E-state index in [9.17, 15) is 14.4 Å². The highest BCUT2D eigenvalue weighted by atomic mass is 16.5. The summed E-state index contributed by atoms with van der Waals surface area (Å²) in [6, 6.07) is 4.94. The minimum absolute atomic E-state index is 0.399. The minimum Gasteiger partial charge on any atom is -0.497 e. The number of amides is 1. The van der Waals surface area contributed by atoms with Crippen LogP contribution < -0.4 is 14.8 Å². The maximum absolute atomic E-state index is 11.5. The molecule has 8 heteroatoms. The molecule has 21 heavy (non-hydrogen) atoms. The topological polar surface area (TPSA) is 122 Å². The summed E-state index contributed by atoms with van der Waals surface area (Å²) >= 11 is 0. The molecule has 0 bridgehead atoms. The predicted molar refractivity (Wildman–Crippen MR) is 70.3 cm³/mol. The van der Waals surface area contributed by atoms with Crippen molar-refractivity contribution in [1.82, 2.24) is 5.32 Å². The molecule has 8 nitrogen and oxygen atoms in total. The van der Waals surface area contributed by atoms with Gasteiger partial charge >= 0.3 is 11.9 Å². The molecule has 0 aliphatic carbocycles. The zero-order valence-electron chi connectivity index (χ0n) is 11.2. The van der Waals surface area contributed by atoms with Crippen molar-refractivity contribution in [2.45, 2.75) is 12.5 Å². The molecule has 0 heterocycles. The Kier molecular flexibility index (Phi) is 5.99. The smallest absolute Gasteiger partial charge is 0.326 e. The van der Waals surface area contributed by atoms with Crippen molar-refractivity contribution in [3.63, 3.8) is 0 Å². The first-order valence-electron chi connectivity index (χ1n) is 5.93. The zero-order chi connectivity index (χ0) is 15.8. The predicted octanol–water partition coefficient (Wildman–Crippen LogP) is 0.118. The molecule has 0 spiro atoms. The largest absolute Gasteiger partial charge is 0.497 e. The Morgan fingerprint density at radius 3 is 2.19 bits per heavy atom. The molecule has 1 rings (SSSR count). The molecule has 114 valence electrons. The number of methoxy groups -OCH3 is 1. The molecule has 0 unspecified atom stereocenters. The van der Waals surface area contributed by atoms with E-state index in [1.165, 1.54) is 7.11 Å². The summed E-state index contributed by atoms with van der Waals surface area (Å²) in [5, 5.41) is 19.4. The Bertz CT molecular complexity index is 512. The number of ether oxygens (including phenoxy) is 2. The first-order valence-corrected chi connectivity index (χ1v) is 5.93. The maximum atomic E-state index is 11.5. The van der Waals surface area contributed by atoms with Crippen LogP contribution in [-0.2, 0) is 14.4 Å². The fourth-order valence-electron chi connectivity index (χ4n) is 1.43. The quantitative estimate of drug-likeness (QED) is 0.622. The molecule has 0 aromatic heterocycles. The molecule has 1 aromatic carbocycles. The van der Waals surface area contributed by atoms with Crippen LogP contribution in [-0.4, -0.2) is 47.8 Å². The number of hydrogen-bond donors (Lipinski definition) is 3. The number of carbonyl (C=O) groups excluding carboxylic acids is 1. The van der Waals surface area contributed by atoms with Crippen LogP contribution in [0.25, 0.3) is 0 Å². The van der Waals surface area contributed by atoms with Crippen molar-refractivity contribution >= 4 is 17.8 Å². The van der Waals surface area contributed by atoms with Gasteiger partial charge in [0.25, 0.3) is 5.91 Å². The minimum atomic E-state index is -1.49. The van der Waals surface area contributed by atoms with Crippen molar-refractivity contribution in [2.24, 2.45) is 0 Å². The number of hydrogen-bond acceptors (Lipinski definition) is 5. The molecule has 0 aliphatic rings. The van der Waals surface area contributed by atoms with Gasteiger partial charge in [-0.3, -0.25) is 9.59 Å². The van der Waals surface area contributed by atoms with Gasteiger partial charge in [-0.05, 0) is 24.3 Å². The Morgan fingerprint density at radius 1 is 1.14 bits per heavy atom. The highest BCUT2D eigenvalue weighted by Gasteiger charge is 2.23. The van der Waals surface area contributed by atoms with E-state index in [4.69, 9.17) is 19.7 Å². The van der Waals surface area contributed by atoms with Crippen molar-refractivity contribution in [3.8, 4) is 11.5 Å². The van der Waals surface area contributed by atoms with Gasteiger partial charge in [0.1, 0.15) is 17.5 Å². The highest BCUT2D eigenvalue weighted by Crippen LogP contribution is 2.16. The monoisotopic (exact) mass is 297 g/mol. The van der Waals surface area contributed by atoms with Crippen molar-refractivity contribution < 1.29 is 34.1 Å². The molecule has 0 aliphatic heterocycles. The van der Waals surface area contributed by atoms with Crippen LogP contribution in [0.1, 0.15) is 6.42 Å². The molecule has 1 aromatic rings. The lowest BCUT2D eigenvalue weighted by Crippen LogP contribution is -2.44. The van der Waals surface area contributed by atoms with Crippen LogP contribution in [0.15, 0.2) is 24.3 Å². The van der Waals surface area contributed by atoms with Crippen LogP contribution in [0.5, 0.6) is 11.5 Å². The third kappa shape index (κ3) is 5.81. The number of carbonyl (C=O) groups is 3. The van der Waals surface area contributed by atoms with E-state index in [1.807, 2.05) is 0 Å². The van der Waals surface area contributed by atoms with Gasteiger partial charge in [-0.2, -0.15) is 0 Å². The fraction of sp³-hybridized carbons (Fsp3) is 0.308. The third-order valence-electron chi connectivity index (χ3n) is 2.44. The van der Waals surface area contributed by atoms with E-state index >= 15 is 0 Å². The second-order valence-electron chi connectivity index (χ2n) is 4.02. The highest BCUT2D eigenvalue weighted by molar-refractivity contribution is 5.87. The summed E-state index contributed by atoms with van der Waals surface area (Å²) in [6.07, 6.45) is -0.705. The van der Waals surface area contributed by atoms with Gasteiger partial charge in [-0.25, -0.2) is 4.79 Å². The van der Waals surface area contributed by atoms with Gasteiger partial charge < -0.3 is 25.0 Å². The van der Waals surface area contributed by atoms with Gasteiger partial charge in [0, 0.05) is 0 Å². The van der Waals surface area contributed by atoms with Gasteiger partial charge in [0.2, 0.25) is 0 Å². The lowest BCUT2D eigenvalue weighted by molar-refractivity contribution is -0.147. The second-order valence-corrected chi connectivity index (χ2v) is 4.02. The summed E-state index contributed by atoms with van der Waals surface area (Å²) in [5.74, 6) is -2.44. The van der Waals surface area contributed by atoms with Crippen LogP contribution in [0, 0.1) is 0 Å². The molecule has 0 saturated heterocycles. The van der Waals surface area contributed by atoms with Crippen LogP contribution in [0.3, 0.4) is 0 Å². The first-order chi connectivity index (χ1) is 9.92. The normalized spacial score (nSPS) is 11.3.